The highest BCUT2D eigenvalue weighted by atomic mass is 16.5. The molecule has 2 heterocycles. The average Bonchev–Trinajstić information content (AvgIpc) is 3.26. The molecule has 2 aliphatic rings. The lowest BCUT2D eigenvalue weighted by Crippen LogP contribution is -2.44. The first-order valence-corrected chi connectivity index (χ1v) is 12.3. The minimum Gasteiger partial charge on any atom is -0.466 e. The zero-order valence-electron chi connectivity index (χ0n) is 20.7. The first kappa shape index (κ1) is 24.1. The summed E-state index contributed by atoms with van der Waals surface area (Å²) >= 11 is 0. The van der Waals surface area contributed by atoms with Crippen LogP contribution in [0, 0.1) is 26.7 Å². The van der Waals surface area contributed by atoms with E-state index in [1.807, 2.05) is 19.1 Å². The molecular weight excluding hydrogens is 426 g/mol. The second kappa shape index (κ2) is 10.5. The number of ether oxygens (including phenoxy) is 1. The Labute approximate surface area is 202 Å². The van der Waals surface area contributed by atoms with Crippen molar-refractivity contribution in [3.05, 3.63) is 70.3 Å². The van der Waals surface area contributed by atoms with E-state index < -0.39 is 0 Å². The number of nitrogens with zero attached hydrogens (tertiary/aromatic N) is 3. The quantitative estimate of drug-likeness (QED) is 0.592. The van der Waals surface area contributed by atoms with Gasteiger partial charge in [0.2, 0.25) is 0 Å². The van der Waals surface area contributed by atoms with Crippen molar-refractivity contribution in [3.8, 4) is 0 Å². The lowest BCUT2D eigenvalue weighted by Gasteiger charge is -2.32. The number of likely N-dealkylation sites (tertiary alicyclic amines) is 1. The summed E-state index contributed by atoms with van der Waals surface area (Å²) in [4.78, 5) is 27.9. The topological polar surface area (TPSA) is 62.2 Å². The van der Waals surface area contributed by atoms with Gasteiger partial charge < -0.3 is 4.74 Å². The van der Waals surface area contributed by atoms with E-state index in [-0.39, 0.29) is 30.4 Å². The summed E-state index contributed by atoms with van der Waals surface area (Å²) in [5.41, 5.74) is 6.68. The molecule has 2 aromatic rings. The molecule has 0 unspecified atom stereocenters. The zero-order valence-corrected chi connectivity index (χ0v) is 20.7. The van der Waals surface area contributed by atoms with Crippen LogP contribution in [-0.4, -0.2) is 53.7 Å². The Morgan fingerprint density at radius 3 is 2.65 bits per heavy atom. The number of carbonyl (C=O) groups is 2. The van der Waals surface area contributed by atoms with Gasteiger partial charge in [-0.1, -0.05) is 42.0 Å². The summed E-state index contributed by atoms with van der Waals surface area (Å²) in [7, 11) is 0. The molecule has 0 aliphatic carbocycles. The second-order valence-corrected chi connectivity index (χ2v) is 9.51. The van der Waals surface area contributed by atoms with Crippen molar-refractivity contribution < 1.29 is 14.3 Å². The van der Waals surface area contributed by atoms with Crippen molar-refractivity contribution in [2.75, 3.05) is 26.2 Å². The van der Waals surface area contributed by atoms with E-state index in [9.17, 15) is 9.59 Å². The van der Waals surface area contributed by atoms with Gasteiger partial charge in [-0.3, -0.25) is 14.5 Å². The van der Waals surface area contributed by atoms with Gasteiger partial charge >= 0.3 is 5.97 Å². The fourth-order valence-electron chi connectivity index (χ4n) is 5.07. The molecule has 0 bridgehead atoms. The van der Waals surface area contributed by atoms with Crippen molar-refractivity contribution in [1.82, 2.24) is 9.91 Å². The molecule has 0 radical (unpaired) electrons. The van der Waals surface area contributed by atoms with Gasteiger partial charge in [0.15, 0.2) is 0 Å². The van der Waals surface area contributed by atoms with Crippen LogP contribution < -0.4 is 0 Å². The van der Waals surface area contributed by atoms with Crippen molar-refractivity contribution in [2.24, 2.45) is 11.0 Å². The number of hydrazone groups is 1. The third kappa shape index (κ3) is 5.22. The maximum absolute atomic E-state index is 13.6. The molecular formula is C28H35N3O3. The molecule has 6 nitrogen and oxygen atoms in total. The number of esters is 1. The number of rotatable bonds is 6. The number of amides is 1. The zero-order chi connectivity index (χ0) is 24.2. The number of aryl methyl sites for hydroxylation is 3. The van der Waals surface area contributed by atoms with Crippen LogP contribution in [-0.2, 0) is 14.3 Å². The normalized spacial score (nSPS) is 20.8. The minimum absolute atomic E-state index is 0.0296. The van der Waals surface area contributed by atoms with Gasteiger partial charge in [0, 0.05) is 18.5 Å². The second-order valence-electron chi connectivity index (χ2n) is 9.51. The first-order valence-electron chi connectivity index (χ1n) is 12.3. The van der Waals surface area contributed by atoms with Gasteiger partial charge in [0.05, 0.1) is 30.8 Å². The fourth-order valence-corrected chi connectivity index (χ4v) is 5.07. The molecule has 1 fully saturated rings. The van der Waals surface area contributed by atoms with E-state index in [0.29, 0.717) is 19.6 Å². The van der Waals surface area contributed by atoms with Gasteiger partial charge in [-0.25, -0.2) is 5.01 Å². The van der Waals surface area contributed by atoms with Crippen LogP contribution in [0.3, 0.4) is 0 Å². The maximum atomic E-state index is 13.6. The lowest BCUT2D eigenvalue weighted by atomic mass is 9.93. The van der Waals surface area contributed by atoms with Crippen molar-refractivity contribution in [2.45, 2.75) is 53.0 Å². The summed E-state index contributed by atoms with van der Waals surface area (Å²) in [5, 5.41) is 6.58. The van der Waals surface area contributed by atoms with Crippen molar-refractivity contribution in [1.29, 1.82) is 0 Å². The van der Waals surface area contributed by atoms with E-state index in [4.69, 9.17) is 9.84 Å². The van der Waals surface area contributed by atoms with Crippen LogP contribution in [0.2, 0.25) is 0 Å². The number of piperidine rings is 1. The lowest BCUT2D eigenvalue weighted by molar-refractivity contribution is -0.150. The highest BCUT2D eigenvalue weighted by molar-refractivity contribution is 6.04. The predicted octanol–water partition coefficient (Wildman–Crippen LogP) is 4.56. The van der Waals surface area contributed by atoms with E-state index in [2.05, 4.69) is 56.0 Å². The Morgan fingerprint density at radius 2 is 1.88 bits per heavy atom. The fraction of sp³-hybridized carbons (Fsp3) is 0.464. The monoisotopic (exact) mass is 461 g/mol. The van der Waals surface area contributed by atoms with Crippen LogP contribution in [0.5, 0.6) is 0 Å². The molecule has 1 saturated heterocycles. The van der Waals surface area contributed by atoms with Gasteiger partial charge in [0.25, 0.3) is 5.91 Å². The Kier molecular flexibility index (Phi) is 7.47. The smallest absolute Gasteiger partial charge is 0.310 e. The van der Waals surface area contributed by atoms with Gasteiger partial charge in [-0.05, 0) is 69.8 Å². The van der Waals surface area contributed by atoms with Crippen LogP contribution in [0.15, 0.2) is 47.6 Å². The van der Waals surface area contributed by atoms with E-state index in [1.54, 1.807) is 5.01 Å². The first-order chi connectivity index (χ1) is 16.4. The Bertz CT molecular complexity index is 1090. The number of hydrogen-bond acceptors (Lipinski definition) is 5. The van der Waals surface area contributed by atoms with Crippen LogP contribution in [0.4, 0.5) is 0 Å². The molecule has 0 N–H and O–H groups in total. The summed E-state index contributed by atoms with van der Waals surface area (Å²) in [5.74, 6) is -0.354. The molecule has 180 valence electrons. The third-order valence-electron chi connectivity index (χ3n) is 6.90. The molecule has 6 heteroatoms. The molecule has 0 saturated carbocycles. The molecule has 2 aromatic carbocycles. The average molecular weight is 462 g/mol. The number of benzene rings is 2. The van der Waals surface area contributed by atoms with Gasteiger partial charge in [-0.2, -0.15) is 5.10 Å². The number of carbonyl (C=O) groups excluding carboxylic acids is 2. The third-order valence-corrected chi connectivity index (χ3v) is 6.90. The molecule has 1 amide bonds. The largest absolute Gasteiger partial charge is 0.466 e. The van der Waals surface area contributed by atoms with Gasteiger partial charge in [-0.15, -0.1) is 0 Å². The molecule has 0 spiro atoms. The Balaban J connectivity index is 1.58. The SMILES string of the molecule is CCOC(=O)[C@@H]1CCCN(CC(=O)N2N=C(c3cc(C)ccc3C)C[C@H]2c2ccccc2C)C1. The van der Waals surface area contributed by atoms with Gasteiger partial charge in [0.1, 0.15) is 0 Å². The molecule has 4 rings (SSSR count). The van der Waals surface area contributed by atoms with E-state index >= 15 is 0 Å². The minimum atomic E-state index is -0.166. The highest BCUT2D eigenvalue weighted by Crippen LogP contribution is 2.35. The van der Waals surface area contributed by atoms with Crippen LogP contribution in [0.25, 0.3) is 0 Å². The predicted molar refractivity (Wildman–Crippen MR) is 134 cm³/mol. The summed E-state index contributed by atoms with van der Waals surface area (Å²) in [6.07, 6.45) is 2.38. The van der Waals surface area contributed by atoms with Crippen LogP contribution in [0.1, 0.15) is 60.0 Å². The number of hydrogen-bond donors (Lipinski definition) is 0. The van der Waals surface area contributed by atoms with E-state index in [1.165, 1.54) is 5.56 Å². The Hall–Kier alpha value is -2.99. The van der Waals surface area contributed by atoms with E-state index in [0.717, 1.165) is 47.4 Å². The Morgan fingerprint density at radius 1 is 1.09 bits per heavy atom. The maximum Gasteiger partial charge on any atom is 0.310 e. The summed E-state index contributed by atoms with van der Waals surface area (Å²) in [6, 6.07) is 14.5. The van der Waals surface area contributed by atoms with Crippen molar-refractivity contribution >= 4 is 17.6 Å². The highest BCUT2D eigenvalue weighted by Gasteiger charge is 2.36. The van der Waals surface area contributed by atoms with Crippen LogP contribution >= 0.6 is 0 Å². The molecule has 0 aromatic heterocycles. The summed E-state index contributed by atoms with van der Waals surface area (Å²) in [6.45, 7) is 10.1. The molecule has 2 atom stereocenters. The van der Waals surface area contributed by atoms with Crippen molar-refractivity contribution in [3.63, 3.8) is 0 Å². The standard InChI is InChI=1S/C28H35N3O3/c1-5-34-28(33)22-10-8-14-30(17-22)18-27(32)31-26(23-11-7-6-9-20(23)3)16-25(29-31)24-15-19(2)12-13-21(24)4/h6-7,9,11-13,15,22,26H,5,8,10,14,16-18H2,1-4H3/t22-,26+/m1/s1. The molecule has 2 aliphatic heterocycles. The summed E-state index contributed by atoms with van der Waals surface area (Å²) < 4.78 is 5.22. The molecule has 34 heavy (non-hydrogen) atoms.